The summed E-state index contributed by atoms with van der Waals surface area (Å²) in [4.78, 5) is 0. The van der Waals surface area contributed by atoms with Crippen LogP contribution in [0.15, 0.2) is 84.9 Å². The van der Waals surface area contributed by atoms with Crippen LogP contribution in [0.2, 0.25) is 0 Å². The predicted molar refractivity (Wildman–Crippen MR) is 145 cm³/mol. The highest BCUT2D eigenvalue weighted by Crippen LogP contribution is 2.28. The maximum absolute atomic E-state index is 6.26. The van der Waals surface area contributed by atoms with Gasteiger partial charge in [0.1, 0.15) is 24.7 Å². The third-order valence-electron chi connectivity index (χ3n) is 6.98. The van der Waals surface area contributed by atoms with Crippen molar-refractivity contribution in [3.05, 3.63) is 96.1 Å². The first-order valence-electron chi connectivity index (χ1n) is 13.5. The zero-order valence-corrected chi connectivity index (χ0v) is 21.5. The van der Waals surface area contributed by atoms with Crippen molar-refractivity contribution in [1.29, 1.82) is 0 Å². The molecule has 4 nitrogen and oxygen atoms in total. The molecule has 0 saturated heterocycles. The number of benzene rings is 3. The quantitative estimate of drug-likeness (QED) is 0.221. The fourth-order valence-corrected chi connectivity index (χ4v) is 4.88. The van der Waals surface area contributed by atoms with Crippen LogP contribution < -0.4 is 9.47 Å². The molecular weight excluding hydrogens is 448 g/mol. The van der Waals surface area contributed by atoms with Crippen LogP contribution in [-0.4, -0.2) is 32.5 Å². The monoisotopic (exact) mass is 488 g/mol. The first-order valence-corrected chi connectivity index (χ1v) is 13.5. The molecule has 4 rings (SSSR count). The Morgan fingerprint density at radius 3 is 1.89 bits per heavy atom. The number of ether oxygens (including phenoxy) is 4. The summed E-state index contributed by atoms with van der Waals surface area (Å²) in [7, 11) is 0. The normalized spacial score (nSPS) is 15.8. The molecule has 0 spiro atoms. The molecule has 0 radical (unpaired) electrons. The van der Waals surface area contributed by atoms with Gasteiger partial charge in [-0.05, 0) is 61.1 Å². The van der Waals surface area contributed by atoms with E-state index in [1.807, 2.05) is 48.5 Å². The molecule has 1 saturated carbocycles. The Balaban J connectivity index is 1.22. The van der Waals surface area contributed by atoms with Gasteiger partial charge >= 0.3 is 0 Å². The molecule has 2 unspecified atom stereocenters. The minimum atomic E-state index is -0.0352. The summed E-state index contributed by atoms with van der Waals surface area (Å²) in [5.41, 5.74) is 2.38. The minimum absolute atomic E-state index is 0.0352. The molecule has 0 amide bonds. The molecular formula is C32H40O4. The minimum Gasteiger partial charge on any atom is -0.491 e. The van der Waals surface area contributed by atoms with Crippen LogP contribution in [0.1, 0.15) is 56.3 Å². The Hall–Kier alpha value is -2.82. The molecule has 192 valence electrons. The van der Waals surface area contributed by atoms with Crippen LogP contribution in [0.5, 0.6) is 11.5 Å². The van der Waals surface area contributed by atoms with E-state index < -0.39 is 0 Å². The van der Waals surface area contributed by atoms with Crippen LogP contribution >= 0.6 is 0 Å². The van der Waals surface area contributed by atoms with Gasteiger partial charge in [0, 0.05) is 6.42 Å². The lowest BCUT2D eigenvalue weighted by molar-refractivity contribution is -0.000397. The van der Waals surface area contributed by atoms with Crippen molar-refractivity contribution in [2.75, 3.05) is 26.4 Å². The van der Waals surface area contributed by atoms with Gasteiger partial charge in [0.2, 0.25) is 0 Å². The topological polar surface area (TPSA) is 36.9 Å². The van der Waals surface area contributed by atoms with E-state index >= 15 is 0 Å². The molecule has 3 aromatic rings. The van der Waals surface area contributed by atoms with Crippen molar-refractivity contribution in [3.63, 3.8) is 0 Å². The summed E-state index contributed by atoms with van der Waals surface area (Å²) in [6.45, 7) is 4.46. The summed E-state index contributed by atoms with van der Waals surface area (Å²) < 4.78 is 24.1. The zero-order valence-electron chi connectivity index (χ0n) is 21.5. The molecule has 1 fully saturated rings. The average molecular weight is 489 g/mol. The van der Waals surface area contributed by atoms with Gasteiger partial charge in [-0.25, -0.2) is 0 Å². The Kier molecular flexibility index (Phi) is 10.7. The first-order chi connectivity index (χ1) is 17.8. The third-order valence-corrected chi connectivity index (χ3v) is 6.98. The van der Waals surface area contributed by atoms with E-state index in [1.165, 1.54) is 43.2 Å². The highest BCUT2D eigenvalue weighted by atomic mass is 16.5. The molecule has 0 aromatic heterocycles. The fraction of sp³-hybridized carbons (Fsp3) is 0.438. The van der Waals surface area contributed by atoms with Crippen LogP contribution in [0.25, 0.3) is 0 Å². The van der Waals surface area contributed by atoms with Crippen LogP contribution in [0.3, 0.4) is 0 Å². The molecule has 3 aromatic carbocycles. The molecule has 2 atom stereocenters. The molecule has 0 N–H and O–H groups in total. The van der Waals surface area contributed by atoms with E-state index in [1.54, 1.807) is 0 Å². The fourth-order valence-electron chi connectivity index (χ4n) is 4.88. The highest BCUT2D eigenvalue weighted by Gasteiger charge is 2.20. The van der Waals surface area contributed by atoms with Gasteiger partial charge in [-0.3, -0.25) is 0 Å². The van der Waals surface area contributed by atoms with Crippen molar-refractivity contribution < 1.29 is 18.9 Å². The van der Waals surface area contributed by atoms with E-state index in [9.17, 15) is 0 Å². The van der Waals surface area contributed by atoms with Crippen LogP contribution in [0, 0.1) is 5.92 Å². The lowest BCUT2D eigenvalue weighted by atomic mass is 9.86. The largest absolute Gasteiger partial charge is 0.491 e. The van der Waals surface area contributed by atoms with Gasteiger partial charge in [0.05, 0.1) is 25.4 Å². The second-order valence-electron chi connectivity index (χ2n) is 9.60. The van der Waals surface area contributed by atoms with Crippen LogP contribution in [0.4, 0.5) is 0 Å². The molecule has 1 aliphatic carbocycles. The summed E-state index contributed by atoms with van der Waals surface area (Å²) in [6.07, 6.45) is 7.75. The van der Waals surface area contributed by atoms with Gasteiger partial charge in [0.25, 0.3) is 0 Å². The van der Waals surface area contributed by atoms with Crippen LogP contribution in [-0.2, 0) is 15.9 Å². The standard InChI is InChI=1S/C32H40O4/c1-26(28-11-5-2-6-12-28)33-21-22-35-31-19-17-27(18-20-31)25-32(29-13-7-3-8-14-29)36-24-23-34-30-15-9-4-10-16-30/h3-4,7-10,13-20,26,28,32H,2,5-6,11-12,21-25H2,1H3. The van der Waals surface area contributed by atoms with Crippen molar-refractivity contribution >= 4 is 0 Å². The van der Waals surface area contributed by atoms with E-state index in [0.29, 0.717) is 38.4 Å². The number of para-hydroxylation sites is 1. The average Bonchev–Trinajstić information content (AvgIpc) is 2.95. The van der Waals surface area contributed by atoms with Gasteiger partial charge in [0.15, 0.2) is 0 Å². The summed E-state index contributed by atoms with van der Waals surface area (Å²) in [6, 6.07) is 28.6. The zero-order chi connectivity index (χ0) is 24.8. The smallest absolute Gasteiger partial charge is 0.119 e. The van der Waals surface area contributed by atoms with E-state index in [4.69, 9.17) is 18.9 Å². The van der Waals surface area contributed by atoms with Gasteiger partial charge in [-0.1, -0.05) is 79.9 Å². The molecule has 36 heavy (non-hydrogen) atoms. The summed E-state index contributed by atoms with van der Waals surface area (Å²) in [5, 5.41) is 0. The Morgan fingerprint density at radius 1 is 0.639 bits per heavy atom. The van der Waals surface area contributed by atoms with Crippen molar-refractivity contribution in [2.45, 2.75) is 57.7 Å². The predicted octanol–water partition coefficient (Wildman–Crippen LogP) is 7.43. The van der Waals surface area contributed by atoms with Crippen molar-refractivity contribution in [1.82, 2.24) is 0 Å². The Bertz CT molecular complexity index is 968. The Labute approximate surface area is 216 Å². The van der Waals surface area contributed by atoms with Gasteiger partial charge in [-0.15, -0.1) is 0 Å². The molecule has 4 heteroatoms. The van der Waals surface area contributed by atoms with E-state index in [0.717, 1.165) is 17.9 Å². The number of rotatable bonds is 14. The van der Waals surface area contributed by atoms with Gasteiger partial charge < -0.3 is 18.9 Å². The maximum atomic E-state index is 6.26. The SMILES string of the molecule is CC(OCCOc1ccc(CC(OCCOc2ccccc2)c2ccccc2)cc1)C1CCCCC1. The molecule has 1 aliphatic rings. The number of hydrogen-bond acceptors (Lipinski definition) is 4. The molecule has 0 bridgehead atoms. The van der Waals surface area contributed by atoms with Crippen molar-refractivity contribution in [3.8, 4) is 11.5 Å². The lowest BCUT2D eigenvalue weighted by Gasteiger charge is -2.27. The first kappa shape index (κ1) is 26.2. The van der Waals surface area contributed by atoms with E-state index in [-0.39, 0.29) is 6.10 Å². The lowest BCUT2D eigenvalue weighted by Crippen LogP contribution is -2.25. The highest BCUT2D eigenvalue weighted by molar-refractivity contribution is 5.29. The van der Waals surface area contributed by atoms with Crippen molar-refractivity contribution in [2.24, 2.45) is 5.92 Å². The third kappa shape index (κ3) is 8.69. The van der Waals surface area contributed by atoms with E-state index in [2.05, 4.69) is 43.3 Å². The number of hydrogen-bond donors (Lipinski definition) is 0. The Morgan fingerprint density at radius 2 is 1.22 bits per heavy atom. The summed E-state index contributed by atoms with van der Waals surface area (Å²) >= 11 is 0. The molecule has 0 heterocycles. The second kappa shape index (κ2) is 14.7. The van der Waals surface area contributed by atoms with Gasteiger partial charge in [-0.2, -0.15) is 0 Å². The maximum Gasteiger partial charge on any atom is 0.119 e. The molecule has 0 aliphatic heterocycles. The second-order valence-corrected chi connectivity index (χ2v) is 9.60. The summed E-state index contributed by atoms with van der Waals surface area (Å²) in [5.74, 6) is 2.45.